The van der Waals surface area contributed by atoms with Crippen molar-refractivity contribution in [1.29, 1.82) is 0 Å². The molecule has 1 aliphatic heterocycles. The van der Waals surface area contributed by atoms with Crippen molar-refractivity contribution in [3.8, 4) is 11.6 Å². The molecule has 0 spiro atoms. The van der Waals surface area contributed by atoms with Crippen LogP contribution in [0.4, 0.5) is 14.5 Å². The highest BCUT2D eigenvalue weighted by atomic mass is 32.2. The van der Waals surface area contributed by atoms with E-state index < -0.39 is 22.5 Å². The number of sulfonamides is 1. The average Bonchev–Trinajstić information content (AvgIpc) is 3.07. The number of aryl methyl sites for hydroxylation is 1. The van der Waals surface area contributed by atoms with Crippen LogP contribution in [0.25, 0.3) is 0 Å². The first-order chi connectivity index (χ1) is 10.9. The Labute approximate surface area is 130 Å². The van der Waals surface area contributed by atoms with Gasteiger partial charge in [0, 0.05) is 6.42 Å². The van der Waals surface area contributed by atoms with Gasteiger partial charge in [0.2, 0.25) is 0 Å². The van der Waals surface area contributed by atoms with Crippen molar-refractivity contribution in [3.05, 3.63) is 29.5 Å². The van der Waals surface area contributed by atoms with E-state index in [9.17, 15) is 17.2 Å². The summed E-state index contributed by atoms with van der Waals surface area (Å²) in [5.74, 6) is 0.0196. The number of anilines is 1. The zero-order chi connectivity index (χ0) is 16.6. The Hall–Kier alpha value is -2.36. The second-order valence-corrected chi connectivity index (χ2v) is 6.45. The van der Waals surface area contributed by atoms with Crippen LogP contribution in [0, 0.1) is 6.92 Å². The van der Waals surface area contributed by atoms with Crippen LogP contribution < -0.4 is 14.2 Å². The maximum absolute atomic E-state index is 12.4. The summed E-state index contributed by atoms with van der Waals surface area (Å²) in [6, 6.07) is 4.39. The molecule has 7 nitrogen and oxygen atoms in total. The maximum atomic E-state index is 12.4. The number of aromatic nitrogens is 1. The van der Waals surface area contributed by atoms with Crippen LogP contribution in [-0.4, -0.2) is 26.8 Å². The molecule has 10 heteroatoms. The lowest BCUT2D eigenvalue weighted by molar-refractivity contribution is -0.0541. The number of ether oxygens (including phenoxy) is 2. The van der Waals surface area contributed by atoms with Gasteiger partial charge in [-0.3, -0.25) is 4.72 Å². The Balaban J connectivity index is 1.91. The summed E-state index contributed by atoms with van der Waals surface area (Å²) in [4.78, 5) is -0.0228. The second-order valence-electron chi connectivity index (χ2n) is 4.77. The van der Waals surface area contributed by atoms with Crippen molar-refractivity contribution < 1.29 is 31.2 Å². The monoisotopic (exact) mass is 346 g/mol. The first-order valence-electron chi connectivity index (χ1n) is 6.56. The van der Waals surface area contributed by atoms with Crippen molar-refractivity contribution in [1.82, 2.24) is 5.16 Å². The molecule has 1 aromatic carbocycles. The molecule has 0 aliphatic carbocycles. The van der Waals surface area contributed by atoms with E-state index in [4.69, 9.17) is 9.26 Å². The standard InChI is InChI=1S/C13H12F2N2O5S/c1-7-11(12(16-22-7)21-13(14)15)17-23(18,19)9-2-3-10-8(6-9)4-5-20-10/h2-3,6,13,17H,4-5H2,1H3. The van der Waals surface area contributed by atoms with Crippen molar-refractivity contribution >= 4 is 15.7 Å². The second kappa shape index (κ2) is 5.69. The Bertz CT molecular complexity index is 835. The van der Waals surface area contributed by atoms with Crippen LogP contribution in [-0.2, 0) is 16.4 Å². The topological polar surface area (TPSA) is 90.7 Å². The molecule has 1 N–H and O–H groups in total. The zero-order valence-corrected chi connectivity index (χ0v) is 12.7. The number of fused-ring (bicyclic) bond motifs is 1. The first kappa shape index (κ1) is 15.5. The van der Waals surface area contributed by atoms with Gasteiger partial charge in [-0.05, 0) is 35.8 Å². The Morgan fingerprint density at radius 2 is 2.17 bits per heavy atom. The molecule has 124 valence electrons. The van der Waals surface area contributed by atoms with Crippen molar-refractivity contribution in [2.75, 3.05) is 11.3 Å². The maximum Gasteiger partial charge on any atom is 0.388 e. The van der Waals surface area contributed by atoms with Crippen LogP contribution in [0.15, 0.2) is 27.6 Å². The minimum absolute atomic E-state index is 0.00807. The quantitative estimate of drug-likeness (QED) is 0.893. The third kappa shape index (κ3) is 3.07. The third-order valence-corrected chi connectivity index (χ3v) is 4.59. The molecule has 0 amide bonds. The Morgan fingerprint density at radius 3 is 2.91 bits per heavy atom. The lowest BCUT2D eigenvalue weighted by Crippen LogP contribution is -2.15. The number of halogens is 2. The van der Waals surface area contributed by atoms with E-state index in [1.807, 2.05) is 0 Å². The largest absolute Gasteiger partial charge is 0.493 e. The first-order valence-corrected chi connectivity index (χ1v) is 8.05. The van der Waals surface area contributed by atoms with Gasteiger partial charge in [-0.1, -0.05) is 0 Å². The Kier molecular flexibility index (Phi) is 3.84. The minimum Gasteiger partial charge on any atom is -0.493 e. The van der Waals surface area contributed by atoms with Gasteiger partial charge in [0.25, 0.3) is 15.9 Å². The van der Waals surface area contributed by atoms with Crippen molar-refractivity contribution in [3.63, 3.8) is 0 Å². The van der Waals surface area contributed by atoms with E-state index in [1.54, 1.807) is 6.07 Å². The summed E-state index contributed by atoms with van der Waals surface area (Å²) in [5.41, 5.74) is 0.501. The van der Waals surface area contributed by atoms with E-state index in [-0.39, 0.29) is 16.3 Å². The predicted octanol–water partition coefficient (Wildman–Crippen LogP) is 2.32. The van der Waals surface area contributed by atoms with Crippen LogP contribution in [0.2, 0.25) is 0 Å². The van der Waals surface area contributed by atoms with Crippen LogP contribution in [0.1, 0.15) is 11.3 Å². The summed E-state index contributed by atoms with van der Waals surface area (Å²) in [6.45, 7) is -1.29. The van der Waals surface area contributed by atoms with E-state index in [0.717, 1.165) is 5.56 Å². The lowest BCUT2D eigenvalue weighted by atomic mass is 10.2. The van der Waals surface area contributed by atoms with Crippen LogP contribution in [0.3, 0.4) is 0 Å². The van der Waals surface area contributed by atoms with Gasteiger partial charge >= 0.3 is 6.61 Å². The van der Waals surface area contributed by atoms with E-state index in [2.05, 4.69) is 14.6 Å². The van der Waals surface area contributed by atoms with Crippen LogP contribution in [0.5, 0.6) is 11.6 Å². The molecule has 1 aliphatic rings. The van der Waals surface area contributed by atoms with Crippen molar-refractivity contribution in [2.24, 2.45) is 0 Å². The normalized spacial score (nSPS) is 13.7. The minimum atomic E-state index is -4.02. The zero-order valence-electron chi connectivity index (χ0n) is 11.9. The molecule has 1 aromatic heterocycles. The summed E-state index contributed by atoms with van der Waals surface area (Å²) in [5, 5.41) is 3.27. The number of alkyl halides is 2. The van der Waals surface area contributed by atoms with Crippen molar-refractivity contribution in [2.45, 2.75) is 24.9 Å². The fourth-order valence-electron chi connectivity index (χ4n) is 2.16. The molecule has 0 bridgehead atoms. The summed E-state index contributed by atoms with van der Waals surface area (Å²) in [6.07, 6.45) is 0.602. The molecule has 0 fully saturated rings. The number of nitrogens with zero attached hydrogens (tertiary/aromatic N) is 1. The number of rotatable bonds is 5. The highest BCUT2D eigenvalue weighted by Crippen LogP contribution is 2.32. The van der Waals surface area contributed by atoms with Gasteiger partial charge in [0.1, 0.15) is 5.75 Å². The SMILES string of the molecule is Cc1onc(OC(F)F)c1NS(=O)(=O)c1ccc2c(c1)CCO2. The van der Waals surface area contributed by atoms with E-state index in [0.29, 0.717) is 18.8 Å². The molecular formula is C13H12F2N2O5S. The summed E-state index contributed by atoms with van der Waals surface area (Å²) >= 11 is 0. The number of hydrogen-bond acceptors (Lipinski definition) is 6. The smallest absolute Gasteiger partial charge is 0.388 e. The molecule has 2 aromatic rings. The molecule has 3 rings (SSSR count). The van der Waals surface area contributed by atoms with Gasteiger partial charge in [0.15, 0.2) is 11.4 Å². The molecule has 0 atom stereocenters. The highest BCUT2D eigenvalue weighted by molar-refractivity contribution is 7.92. The Morgan fingerprint density at radius 1 is 1.39 bits per heavy atom. The van der Waals surface area contributed by atoms with Gasteiger partial charge < -0.3 is 14.0 Å². The van der Waals surface area contributed by atoms with Crippen LogP contribution >= 0.6 is 0 Å². The molecule has 2 heterocycles. The molecule has 0 saturated carbocycles. The van der Waals surface area contributed by atoms with Gasteiger partial charge in [0.05, 0.1) is 11.5 Å². The summed E-state index contributed by atoms with van der Waals surface area (Å²) in [7, 11) is -4.02. The van der Waals surface area contributed by atoms with Gasteiger partial charge in [-0.15, -0.1) is 0 Å². The predicted molar refractivity (Wildman–Crippen MR) is 74.3 cm³/mol. The highest BCUT2D eigenvalue weighted by Gasteiger charge is 2.25. The molecule has 23 heavy (non-hydrogen) atoms. The molecule has 0 unspecified atom stereocenters. The van der Waals surface area contributed by atoms with Gasteiger partial charge in [-0.2, -0.15) is 8.78 Å². The lowest BCUT2D eigenvalue weighted by Gasteiger charge is -2.09. The number of nitrogens with one attached hydrogen (secondary N) is 1. The van der Waals surface area contributed by atoms with E-state index in [1.165, 1.54) is 19.1 Å². The number of hydrogen-bond donors (Lipinski definition) is 1. The third-order valence-electron chi connectivity index (χ3n) is 3.24. The fraction of sp³-hybridized carbons (Fsp3) is 0.308. The fourth-order valence-corrected chi connectivity index (χ4v) is 3.32. The molecule has 0 radical (unpaired) electrons. The summed E-state index contributed by atoms with van der Waals surface area (Å²) < 4.78 is 65.8. The molecular weight excluding hydrogens is 334 g/mol. The molecule has 0 saturated heterocycles. The number of benzene rings is 1. The van der Waals surface area contributed by atoms with Gasteiger partial charge in [-0.25, -0.2) is 8.42 Å². The average molecular weight is 346 g/mol. The van der Waals surface area contributed by atoms with E-state index >= 15 is 0 Å².